The first-order valence-corrected chi connectivity index (χ1v) is 12.1. The van der Waals surface area contributed by atoms with Crippen LogP contribution in [0.4, 0.5) is 16.4 Å². The van der Waals surface area contributed by atoms with E-state index in [9.17, 15) is 9.59 Å². The Labute approximate surface area is 205 Å². The van der Waals surface area contributed by atoms with Crippen LogP contribution in [0.3, 0.4) is 0 Å². The Hall–Kier alpha value is -4.48. The molecule has 0 saturated carbocycles. The maximum absolute atomic E-state index is 13.2. The minimum Gasteiger partial charge on any atom is -0.453 e. The van der Waals surface area contributed by atoms with Crippen molar-refractivity contribution in [2.24, 2.45) is 0 Å². The molecule has 0 spiro atoms. The second-order valence-electron chi connectivity index (χ2n) is 8.51. The predicted molar refractivity (Wildman–Crippen MR) is 140 cm³/mol. The molecule has 35 heavy (non-hydrogen) atoms. The van der Waals surface area contributed by atoms with Gasteiger partial charge in [-0.2, -0.15) is 0 Å². The third kappa shape index (κ3) is 3.06. The summed E-state index contributed by atoms with van der Waals surface area (Å²) in [6.07, 6.45) is 1.72. The lowest BCUT2D eigenvalue weighted by atomic mass is 10.0. The number of anilines is 3. The monoisotopic (exact) mass is 471 g/mol. The van der Waals surface area contributed by atoms with E-state index in [0.717, 1.165) is 43.5 Å². The number of benzene rings is 4. The van der Waals surface area contributed by atoms with E-state index in [4.69, 9.17) is 4.74 Å². The number of allylic oxidation sites excluding steroid dienone is 1. The molecule has 4 nitrogen and oxygen atoms in total. The largest absolute Gasteiger partial charge is 0.453 e. The lowest BCUT2D eigenvalue weighted by Crippen LogP contribution is -2.14. The van der Waals surface area contributed by atoms with Gasteiger partial charge in [0.1, 0.15) is 5.00 Å². The highest BCUT2D eigenvalue weighted by Crippen LogP contribution is 2.51. The van der Waals surface area contributed by atoms with E-state index < -0.39 is 0 Å². The van der Waals surface area contributed by atoms with E-state index in [0.29, 0.717) is 11.1 Å². The van der Waals surface area contributed by atoms with Gasteiger partial charge in [0.15, 0.2) is 23.1 Å². The number of ether oxygens (including phenoxy) is 1. The average Bonchev–Trinajstić information content (AvgIpc) is 3.44. The molecule has 5 heteroatoms. The summed E-state index contributed by atoms with van der Waals surface area (Å²) >= 11 is 1.53. The maximum atomic E-state index is 13.2. The number of thiophene rings is 1. The van der Waals surface area contributed by atoms with Crippen molar-refractivity contribution >= 4 is 56.1 Å². The number of para-hydroxylation sites is 4. The van der Waals surface area contributed by atoms with Crippen LogP contribution in [0.5, 0.6) is 11.5 Å². The second kappa shape index (κ2) is 7.52. The molecular weight excluding hydrogens is 454 g/mol. The molecule has 0 saturated heterocycles. The van der Waals surface area contributed by atoms with Crippen LogP contribution in [-0.4, -0.2) is 11.6 Å². The number of hydrogen-bond donors (Lipinski definition) is 0. The second-order valence-corrected chi connectivity index (χ2v) is 9.60. The molecule has 2 aliphatic rings. The SMILES string of the molecule is O=C1C(=Cc2ccc(N3c4ccccc4Oc4ccccc43)s2)C(=O)c2cc3ccccc3cc21. The number of nitrogens with zero attached hydrogens (tertiary/aromatic N) is 1. The van der Waals surface area contributed by atoms with Crippen molar-refractivity contribution in [2.45, 2.75) is 0 Å². The van der Waals surface area contributed by atoms with Crippen molar-refractivity contribution in [1.29, 1.82) is 0 Å². The Balaban J connectivity index is 1.30. The van der Waals surface area contributed by atoms with Crippen molar-refractivity contribution in [1.82, 2.24) is 0 Å². The van der Waals surface area contributed by atoms with Crippen LogP contribution < -0.4 is 9.64 Å². The summed E-state index contributed by atoms with van der Waals surface area (Å²) in [6.45, 7) is 0. The molecule has 5 aromatic rings. The molecule has 1 aromatic heterocycles. The van der Waals surface area contributed by atoms with Crippen molar-refractivity contribution in [2.75, 3.05) is 4.90 Å². The molecule has 0 amide bonds. The van der Waals surface area contributed by atoms with Crippen LogP contribution >= 0.6 is 11.3 Å². The van der Waals surface area contributed by atoms with Gasteiger partial charge in [0.05, 0.1) is 16.9 Å². The number of hydrogen-bond acceptors (Lipinski definition) is 5. The van der Waals surface area contributed by atoms with Gasteiger partial charge >= 0.3 is 0 Å². The molecule has 4 aromatic carbocycles. The zero-order valence-electron chi connectivity index (χ0n) is 18.4. The van der Waals surface area contributed by atoms with Crippen LogP contribution in [0, 0.1) is 0 Å². The summed E-state index contributed by atoms with van der Waals surface area (Å²) in [4.78, 5) is 29.4. The third-order valence-corrected chi connectivity index (χ3v) is 7.43. The molecular formula is C30H17NO3S. The molecule has 1 aliphatic carbocycles. The van der Waals surface area contributed by atoms with Gasteiger partial charge in [0.2, 0.25) is 0 Å². The number of rotatable bonds is 2. The van der Waals surface area contributed by atoms with E-state index in [1.165, 1.54) is 11.3 Å². The van der Waals surface area contributed by atoms with Gasteiger partial charge < -0.3 is 4.74 Å². The topological polar surface area (TPSA) is 46.6 Å². The number of carbonyl (C=O) groups excluding carboxylic acids is 2. The lowest BCUT2D eigenvalue weighted by Gasteiger charge is -2.31. The zero-order chi connectivity index (χ0) is 23.5. The molecule has 1 aliphatic heterocycles. The number of fused-ring (bicyclic) bond motifs is 4. The Kier molecular flexibility index (Phi) is 4.28. The van der Waals surface area contributed by atoms with Gasteiger partial charge in [0.25, 0.3) is 0 Å². The smallest absolute Gasteiger partial charge is 0.197 e. The minimum atomic E-state index is -0.215. The first kappa shape index (κ1) is 19.9. The van der Waals surface area contributed by atoms with Gasteiger partial charge in [-0.3, -0.25) is 14.5 Å². The van der Waals surface area contributed by atoms with E-state index in [1.54, 1.807) is 6.08 Å². The van der Waals surface area contributed by atoms with Gasteiger partial charge in [-0.15, -0.1) is 11.3 Å². The van der Waals surface area contributed by atoms with Gasteiger partial charge in [-0.05, 0) is 65.4 Å². The average molecular weight is 472 g/mol. The molecule has 0 atom stereocenters. The quantitative estimate of drug-likeness (QED) is 0.190. The predicted octanol–water partition coefficient (Wildman–Crippen LogP) is 7.94. The third-order valence-electron chi connectivity index (χ3n) is 6.42. The Bertz CT molecular complexity index is 1630. The number of ketones is 2. The van der Waals surface area contributed by atoms with Crippen LogP contribution in [0.1, 0.15) is 25.6 Å². The van der Waals surface area contributed by atoms with Gasteiger partial charge in [-0.25, -0.2) is 0 Å². The van der Waals surface area contributed by atoms with Crippen LogP contribution in [0.2, 0.25) is 0 Å². The molecule has 0 N–H and O–H groups in total. The Morgan fingerprint density at radius 3 is 1.80 bits per heavy atom. The molecule has 0 fully saturated rings. The highest BCUT2D eigenvalue weighted by Gasteiger charge is 2.34. The highest BCUT2D eigenvalue weighted by atomic mass is 32.1. The minimum absolute atomic E-state index is 0.214. The normalized spacial score (nSPS) is 13.9. The Morgan fingerprint density at radius 1 is 0.657 bits per heavy atom. The fraction of sp³-hybridized carbons (Fsp3) is 0. The number of Topliss-reactive ketones (excluding diaryl/α,β-unsaturated/α-hetero) is 2. The molecule has 0 unspecified atom stereocenters. The van der Waals surface area contributed by atoms with Crippen molar-refractivity contribution in [3.8, 4) is 11.5 Å². The molecule has 2 heterocycles. The van der Waals surface area contributed by atoms with Crippen LogP contribution in [-0.2, 0) is 0 Å². The van der Waals surface area contributed by atoms with E-state index >= 15 is 0 Å². The van der Waals surface area contributed by atoms with Crippen molar-refractivity contribution in [3.05, 3.63) is 119 Å². The molecule has 166 valence electrons. The standard InChI is InChI=1S/C30H17NO3S/c32-29-21-15-18-7-1-2-8-19(18)16-22(21)30(33)23(29)17-20-13-14-28(35-20)31-24-9-3-5-11-26(24)34-27-12-6-4-10-25(27)31/h1-17H. The van der Waals surface area contributed by atoms with Crippen LogP contribution in [0.15, 0.2) is 103 Å². The highest BCUT2D eigenvalue weighted by molar-refractivity contribution is 7.17. The zero-order valence-corrected chi connectivity index (χ0v) is 19.2. The summed E-state index contributed by atoms with van der Waals surface area (Å²) in [7, 11) is 0. The maximum Gasteiger partial charge on any atom is 0.197 e. The summed E-state index contributed by atoms with van der Waals surface area (Å²) in [5.41, 5.74) is 3.06. The van der Waals surface area contributed by atoms with Crippen molar-refractivity contribution in [3.63, 3.8) is 0 Å². The summed E-state index contributed by atoms with van der Waals surface area (Å²) in [6, 6.07) is 31.2. The fourth-order valence-corrected chi connectivity index (χ4v) is 5.74. The van der Waals surface area contributed by atoms with E-state index in [2.05, 4.69) is 4.90 Å². The summed E-state index contributed by atoms with van der Waals surface area (Å²) in [5.74, 6) is 1.13. The van der Waals surface area contributed by atoms with Gasteiger partial charge in [0, 0.05) is 16.0 Å². The summed E-state index contributed by atoms with van der Waals surface area (Å²) < 4.78 is 6.10. The summed E-state index contributed by atoms with van der Waals surface area (Å²) in [5, 5.41) is 2.88. The molecule has 0 bridgehead atoms. The van der Waals surface area contributed by atoms with E-state index in [-0.39, 0.29) is 17.1 Å². The molecule has 0 radical (unpaired) electrons. The first-order valence-electron chi connectivity index (χ1n) is 11.3. The van der Waals surface area contributed by atoms with Crippen molar-refractivity contribution < 1.29 is 14.3 Å². The first-order chi connectivity index (χ1) is 17.2. The molecule has 7 rings (SSSR count). The fourth-order valence-electron chi connectivity index (χ4n) is 4.76. The van der Waals surface area contributed by atoms with Crippen LogP contribution in [0.25, 0.3) is 16.8 Å². The number of carbonyl (C=O) groups is 2. The van der Waals surface area contributed by atoms with Gasteiger partial charge in [-0.1, -0.05) is 48.5 Å². The van der Waals surface area contributed by atoms with E-state index in [1.807, 2.05) is 97.1 Å². The lowest BCUT2D eigenvalue weighted by molar-refractivity contribution is 0.0990. The Morgan fingerprint density at radius 2 is 1.20 bits per heavy atom.